The second kappa shape index (κ2) is 4.88. The van der Waals surface area contributed by atoms with Gasteiger partial charge >= 0.3 is 0 Å². The Morgan fingerprint density at radius 1 is 1.38 bits per heavy atom. The molecular formula is C12H16N2O2. The average molecular weight is 220 g/mol. The van der Waals surface area contributed by atoms with Crippen molar-refractivity contribution >= 4 is 5.84 Å². The maximum Gasteiger partial charge on any atom is 0.142 e. The standard InChI is InChI=1S/C12H16N2O2/c13-12(14-15)6-7-16-11-5-4-9-2-1-3-10(9)8-11/h4-5,8,15H,1-3,6-7H2,(H2,13,14). The Bertz CT molecular complexity index is 402. The summed E-state index contributed by atoms with van der Waals surface area (Å²) in [5, 5.41) is 11.3. The zero-order valence-electron chi connectivity index (χ0n) is 9.15. The van der Waals surface area contributed by atoms with Crippen molar-refractivity contribution < 1.29 is 9.94 Å². The molecule has 0 saturated carbocycles. The summed E-state index contributed by atoms with van der Waals surface area (Å²) in [6, 6.07) is 6.20. The lowest BCUT2D eigenvalue weighted by Gasteiger charge is -2.07. The highest BCUT2D eigenvalue weighted by Gasteiger charge is 2.10. The van der Waals surface area contributed by atoms with Gasteiger partial charge in [-0.2, -0.15) is 0 Å². The van der Waals surface area contributed by atoms with Crippen LogP contribution in [0.25, 0.3) is 0 Å². The molecule has 0 aromatic heterocycles. The first-order valence-electron chi connectivity index (χ1n) is 5.50. The largest absolute Gasteiger partial charge is 0.493 e. The number of fused-ring (bicyclic) bond motifs is 1. The van der Waals surface area contributed by atoms with E-state index in [2.05, 4.69) is 17.3 Å². The van der Waals surface area contributed by atoms with Crippen LogP contribution in [-0.2, 0) is 12.8 Å². The Morgan fingerprint density at radius 2 is 2.19 bits per heavy atom. The van der Waals surface area contributed by atoms with E-state index in [9.17, 15) is 0 Å². The van der Waals surface area contributed by atoms with Crippen molar-refractivity contribution in [2.45, 2.75) is 25.7 Å². The van der Waals surface area contributed by atoms with E-state index in [0.29, 0.717) is 13.0 Å². The normalized spacial score (nSPS) is 14.9. The molecule has 0 bridgehead atoms. The molecule has 16 heavy (non-hydrogen) atoms. The third-order valence-electron chi connectivity index (χ3n) is 2.83. The maximum atomic E-state index is 8.37. The molecule has 2 rings (SSSR count). The van der Waals surface area contributed by atoms with E-state index in [0.717, 1.165) is 12.2 Å². The quantitative estimate of drug-likeness (QED) is 0.351. The van der Waals surface area contributed by atoms with Gasteiger partial charge in [-0.3, -0.25) is 0 Å². The van der Waals surface area contributed by atoms with Crippen LogP contribution in [0, 0.1) is 0 Å². The summed E-state index contributed by atoms with van der Waals surface area (Å²) in [5.41, 5.74) is 8.17. The molecule has 0 spiro atoms. The van der Waals surface area contributed by atoms with Crippen molar-refractivity contribution in [3.8, 4) is 5.75 Å². The SMILES string of the molecule is N/C(CCOc1ccc2c(c1)CCC2)=N\O. The third-order valence-corrected chi connectivity index (χ3v) is 2.83. The number of aryl methyl sites for hydroxylation is 2. The fourth-order valence-corrected chi connectivity index (χ4v) is 1.96. The maximum absolute atomic E-state index is 8.37. The van der Waals surface area contributed by atoms with Gasteiger partial charge in [0.2, 0.25) is 0 Å². The van der Waals surface area contributed by atoms with Gasteiger partial charge in [-0.05, 0) is 42.5 Å². The molecule has 0 heterocycles. The molecule has 1 aliphatic carbocycles. The van der Waals surface area contributed by atoms with E-state index >= 15 is 0 Å². The number of hydrogen-bond donors (Lipinski definition) is 2. The number of benzene rings is 1. The highest BCUT2D eigenvalue weighted by Crippen LogP contribution is 2.25. The van der Waals surface area contributed by atoms with E-state index in [1.165, 1.54) is 24.0 Å². The van der Waals surface area contributed by atoms with Gasteiger partial charge in [0.15, 0.2) is 0 Å². The molecule has 0 saturated heterocycles. The molecule has 1 aromatic carbocycles. The van der Waals surface area contributed by atoms with Crippen molar-refractivity contribution in [3.05, 3.63) is 29.3 Å². The van der Waals surface area contributed by atoms with Gasteiger partial charge in [-0.15, -0.1) is 0 Å². The lowest BCUT2D eigenvalue weighted by atomic mass is 10.1. The molecule has 1 aromatic rings. The molecule has 4 nitrogen and oxygen atoms in total. The minimum absolute atomic E-state index is 0.196. The van der Waals surface area contributed by atoms with Crippen LogP contribution in [0.15, 0.2) is 23.4 Å². The number of nitrogens with zero attached hydrogens (tertiary/aromatic N) is 1. The molecule has 3 N–H and O–H groups in total. The predicted octanol–water partition coefficient (Wildman–Crippen LogP) is 1.69. The van der Waals surface area contributed by atoms with E-state index < -0.39 is 0 Å². The molecule has 0 unspecified atom stereocenters. The van der Waals surface area contributed by atoms with Crippen molar-refractivity contribution in [2.24, 2.45) is 10.9 Å². The number of ether oxygens (including phenoxy) is 1. The van der Waals surface area contributed by atoms with E-state index in [1.54, 1.807) is 0 Å². The smallest absolute Gasteiger partial charge is 0.142 e. The van der Waals surface area contributed by atoms with E-state index in [4.69, 9.17) is 15.7 Å². The van der Waals surface area contributed by atoms with Gasteiger partial charge in [0, 0.05) is 6.42 Å². The third kappa shape index (κ3) is 2.45. The van der Waals surface area contributed by atoms with Gasteiger partial charge in [-0.25, -0.2) is 0 Å². The molecule has 86 valence electrons. The van der Waals surface area contributed by atoms with Crippen LogP contribution in [0.2, 0.25) is 0 Å². The topological polar surface area (TPSA) is 67.8 Å². The summed E-state index contributed by atoms with van der Waals surface area (Å²) >= 11 is 0. The van der Waals surface area contributed by atoms with Gasteiger partial charge in [-0.1, -0.05) is 11.2 Å². The molecule has 0 fully saturated rings. The summed E-state index contributed by atoms with van der Waals surface area (Å²) in [7, 11) is 0. The van der Waals surface area contributed by atoms with Crippen LogP contribution in [0.1, 0.15) is 24.0 Å². The zero-order valence-corrected chi connectivity index (χ0v) is 9.15. The lowest BCUT2D eigenvalue weighted by molar-refractivity contribution is 0.305. The Hall–Kier alpha value is -1.71. The van der Waals surface area contributed by atoms with Gasteiger partial charge < -0.3 is 15.7 Å². The number of hydrogen-bond acceptors (Lipinski definition) is 3. The lowest BCUT2D eigenvalue weighted by Crippen LogP contribution is -2.15. The average Bonchev–Trinajstić information content (AvgIpc) is 2.76. The number of rotatable bonds is 4. The van der Waals surface area contributed by atoms with Crippen molar-refractivity contribution in [1.82, 2.24) is 0 Å². The Balaban J connectivity index is 1.90. The van der Waals surface area contributed by atoms with Crippen LogP contribution in [0.4, 0.5) is 0 Å². The highest BCUT2D eigenvalue weighted by atomic mass is 16.5. The monoisotopic (exact) mass is 220 g/mol. The molecule has 0 radical (unpaired) electrons. The summed E-state index contributed by atoms with van der Waals surface area (Å²) in [5.74, 6) is 1.06. The first kappa shape index (κ1) is 10.8. The van der Waals surface area contributed by atoms with Crippen molar-refractivity contribution in [1.29, 1.82) is 0 Å². The number of oxime groups is 1. The Kier molecular flexibility index (Phi) is 3.29. The van der Waals surface area contributed by atoms with Crippen molar-refractivity contribution in [3.63, 3.8) is 0 Å². The molecule has 0 amide bonds. The van der Waals surface area contributed by atoms with Crippen LogP contribution >= 0.6 is 0 Å². The summed E-state index contributed by atoms with van der Waals surface area (Å²) in [4.78, 5) is 0. The predicted molar refractivity (Wildman–Crippen MR) is 62.0 cm³/mol. The minimum Gasteiger partial charge on any atom is -0.493 e. The number of nitrogens with two attached hydrogens (primary N) is 1. The van der Waals surface area contributed by atoms with Crippen LogP contribution in [-0.4, -0.2) is 17.6 Å². The fourth-order valence-electron chi connectivity index (χ4n) is 1.96. The van der Waals surface area contributed by atoms with Crippen LogP contribution in [0.5, 0.6) is 5.75 Å². The molecule has 0 atom stereocenters. The van der Waals surface area contributed by atoms with Crippen molar-refractivity contribution in [2.75, 3.05) is 6.61 Å². The Morgan fingerprint density at radius 3 is 3.00 bits per heavy atom. The highest BCUT2D eigenvalue weighted by molar-refractivity contribution is 5.79. The van der Waals surface area contributed by atoms with E-state index in [1.807, 2.05) is 6.07 Å². The van der Waals surface area contributed by atoms with E-state index in [-0.39, 0.29) is 5.84 Å². The molecule has 0 aliphatic heterocycles. The summed E-state index contributed by atoms with van der Waals surface area (Å²) in [6.07, 6.45) is 4.00. The second-order valence-corrected chi connectivity index (χ2v) is 3.97. The second-order valence-electron chi connectivity index (χ2n) is 3.97. The molecular weight excluding hydrogens is 204 g/mol. The van der Waals surface area contributed by atoms with Crippen LogP contribution < -0.4 is 10.5 Å². The molecule has 1 aliphatic rings. The zero-order chi connectivity index (χ0) is 11.4. The molecule has 4 heteroatoms. The van der Waals surface area contributed by atoms with Crippen LogP contribution in [0.3, 0.4) is 0 Å². The Labute approximate surface area is 94.7 Å². The number of amidine groups is 1. The summed E-state index contributed by atoms with van der Waals surface area (Å²) in [6.45, 7) is 0.439. The fraction of sp³-hybridized carbons (Fsp3) is 0.417. The summed E-state index contributed by atoms with van der Waals surface area (Å²) < 4.78 is 5.53. The first-order valence-corrected chi connectivity index (χ1v) is 5.50. The first-order chi connectivity index (χ1) is 7.79. The minimum atomic E-state index is 0.196. The van der Waals surface area contributed by atoms with Gasteiger partial charge in [0.25, 0.3) is 0 Å². The van der Waals surface area contributed by atoms with Gasteiger partial charge in [0.1, 0.15) is 11.6 Å². The van der Waals surface area contributed by atoms with Gasteiger partial charge in [0.05, 0.1) is 6.61 Å².